The van der Waals surface area contributed by atoms with Crippen LogP contribution in [-0.2, 0) is 9.84 Å². The van der Waals surface area contributed by atoms with Gasteiger partial charge in [0, 0.05) is 28.8 Å². The van der Waals surface area contributed by atoms with Gasteiger partial charge in [-0.3, -0.25) is 0 Å². The fourth-order valence-corrected chi connectivity index (χ4v) is 3.71. The topological polar surface area (TPSA) is 46.2 Å². The summed E-state index contributed by atoms with van der Waals surface area (Å²) in [5, 5.41) is 4.12. The molecule has 0 amide bonds. The van der Waals surface area contributed by atoms with Crippen molar-refractivity contribution in [2.24, 2.45) is 0 Å². The van der Waals surface area contributed by atoms with E-state index in [-0.39, 0.29) is 6.04 Å². The molecule has 1 aromatic carbocycles. The molecule has 0 saturated carbocycles. The van der Waals surface area contributed by atoms with E-state index in [1.807, 2.05) is 30.0 Å². The molecule has 1 atom stereocenters. The second-order valence-corrected chi connectivity index (χ2v) is 10.0. The van der Waals surface area contributed by atoms with Gasteiger partial charge in [-0.05, 0) is 49.8 Å². The van der Waals surface area contributed by atoms with Crippen molar-refractivity contribution in [1.82, 2.24) is 5.32 Å². The number of rotatable bonds is 4. The Morgan fingerprint density at radius 3 is 2.80 bits per heavy atom. The van der Waals surface area contributed by atoms with E-state index in [1.165, 1.54) is 16.7 Å². The maximum absolute atomic E-state index is 11.8. The monoisotopic (exact) mass is 333 g/mol. The van der Waals surface area contributed by atoms with Crippen LogP contribution in [-0.4, -0.2) is 31.7 Å². The predicted octanol–water partition coefficient (Wildman–Crippen LogP) is 3.29. The number of benzene rings is 1. The third kappa shape index (κ3) is 3.50. The fourth-order valence-electron chi connectivity index (χ4n) is 2.08. The highest BCUT2D eigenvalue weighted by Crippen LogP contribution is 2.37. The number of fused-ring (bicyclic) bond motifs is 1. The van der Waals surface area contributed by atoms with Gasteiger partial charge in [0.05, 0.1) is 4.75 Å². The first kappa shape index (κ1) is 16.1. The maximum atomic E-state index is 11.8. The van der Waals surface area contributed by atoms with E-state index in [9.17, 15) is 8.42 Å². The van der Waals surface area contributed by atoms with Crippen LogP contribution in [0, 0.1) is 0 Å². The minimum Gasteiger partial charge on any atom is -0.308 e. The molecule has 2 rings (SSSR count). The molecule has 1 unspecified atom stereocenters. The summed E-state index contributed by atoms with van der Waals surface area (Å²) in [6.07, 6.45) is 2.27. The van der Waals surface area contributed by atoms with Crippen molar-refractivity contribution in [3.8, 4) is 0 Å². The predicted molar refractivity (Wildman–Crippen MR) is 86.5 cm³/mol. The summed E-state index contributed by atoms with van der Waals surface area (Å²) in [5.41, 5.74) is 1.18. The summed E-state index contributed by atoms with van der Waals surface area (Å²) in [5.74, 6) is 1.03. The van der Waals surface area contributed by atoms with Gasteiger partial charge in [-0.2, -0.15) is 0 Å². The van der Waals surface area contributed by atoms with Crippen LogP contribution >= 0.6 is 23.4 Å². The van der Waals surface area contributed by atoms with Crippen LogP contribution in [0.1, 0.15) is 31.9 Å². The molecule has 1 aliphatic rings. The zero-order valence-electron chi connectivity index (χ0n) is 11.9. The molecule has 1 heterocycles. The van der Waals surface area contributed by atoms with Gasteiger partial charge in [-0.15, -0.1) is 11.8 Å². The Kier molecular flexibility index (Phi) is 4.74. The first-order valence-electron chi connectivity index (χ1n) is 6.56. The van der Waals surface area contributed by atoms with E-state index in [4.69, 9.17) is 11.6 Å². The van der Waals surface area contributed by atoms with Crippen LogP contribution in [0.5, 0.6) is 0 Å². The Hall–Kier alpha value is -0.230. The van der Waals surface area contributed by atoms with E-state index < -0.39 is 14.6 Å². The molecule has 20 heavy (non-hydrogen) atoms. The molecule has 0 bridgehead atoms. The van der Waals surface area contributed by atoms with Gasteiger partial charge in [0.15, 0.2) is 9.84 Å². The Morgan fingerprint density at radius 2 is 2.15 bits per heavy atom. The first-order valence-corrected chi connectivity index (χ1v) is 9.81. The van der Waals surface area contributed by atoms with Crippen LogP contribution in [0.15, 0.2) is 23.1 Å². The lowest BCUT2D eigenvalue weighted by molar-refractivity contribution is 0.459. The van der Waals surface area contributed by atoms with Crippen molar-refractivity contribution in [2.45, 2.75) is 36.0 Å². The first-order chi connectivity index (χ1) is 9.21. The zero-order chi connectivity index (χ0) is 15.0. The maximum Gasteiger partial charge on any atom is 0.153 e. The van der Waals surface area contributed by atoms with Crippen LogP contribution in [0.25, 0.3) is 0 Å². The lowest BCUT2D eigenvalue weighted by atomic mass is 10.0. The number of halogens is 1. The highest BCUT2D eigenvalue weighted by atomic mass is 35.5. The molecule has 112 valence electrons. The Morgan fingerprint density at radius 1 is 1.45 bits per heavy atom. The standard InChI is InChI=1S/C14H20ClNO2S2/c1-14(2,20(3,17)18)9-16-12-6-7-19-13-5-4-10(15)8-11(12)13/h4-5,8,12,16H,6-7,9H2,1-3H3. The van der Waals surface area contributed by atoms with E-state index in [0.29, 0.717) is 6.54 Å². The smallest absolute Gasteiger partial charge is 0.153 e. The molecule has 0 fully saturated rings. The van der Waals surface area contributed by atoms with Crippen molar-refractivity contribution in [2.75, 3.05) is 18.6 Å². The van der Waals surface area contributed by atoms with Crippen LogP contribution in [0.3, 0.4) is 0 Å². The van der Waals surface area contributed by atoms with Gasteiger partial charge in [0.1, 0.15) is 0 Å². The Bertz CT molecular complexity index is 599. The normalized spacial score (nSPS) is 19.7. The average molecular weight is 334 g/mol. The summed E-state index contributed by atoms with van der Waals surface area (Å²) in [6, 6.07) is 6.09. The van der Waals surface area contributed by atoms with E-state index >= 15 is 0 Å². The Balaban J connectivity index is 2.15. The van der Waals surface area contributed by atoms with Gasteiger partial charge in [0.25, 0.3) is 0 Å². The molecule has 1 aromatic rings. The summed E-state index contributed by atoms with van der Waals surface area (Å²) in [7, 11) is -3.08. The SMILES string of the molecule is CC(C)(CNC1CCSc2ccc(Cl)cc21)S(C)(=O)=O. The minimum atomic E-state index is -3.08. The van der Waals surface area contributed by atoms with Crippen molar-refractivity contribution >= 4 is 33.2 Å². The molecule has 3 nitrogen and oxygen atoms in total. The highest BCUT2D eigenvalue weighted by molar-refractivity contribution is 7.99. The van der Waals surface area contributed by atoms with E-state index in [0.717, 1.165) is 17.2 Å². The van der Waals surface area contributed by atoms with Crippen LogP contribution in [0.4, 0.5) is 0 Å². The van der Waals surface area contributed by atoms with Crippen molar-refractivity contribution in [1.29, 1.82) is 0 Å². The molecule has 6 heteroatoms. The minimum absolute atomic E-state index is 0.172. The number of nitrogens with one attached hydrogen (secondary N) is 1. The summed E-state index contributed by atoms with van der Waals surface area (Å²) < 4.78 is 22.8. The molecule has 1 aliphatic heterocycles. The third-order valence-corrected chi connectivity index (χ3v) is 7.30. The molecule has 0 radical (unpaired) electrons. The average Bonchev–Trinajstić information content (AvgIpc) is 2.35. The molecular formula is C14H20ClNO2S2. The summed E-state index contributed by atoms with van der Waals surface area (Å²) in [6.45, 7) is 3.95. The number of sulfone groups is 1. The van der Waals surface area contributed by atoms with Crippen LogP contribution in [0.2, 0.25) is 5.02 Å². The quantitative estimate of drug-likeness (QED) is 0.918. The lowest BCUT2D eigenvalue weighted by Crippen LogP contribution is -2.43. The second kappa shape index (κ2) is 5.87. The van der Waals surface area contributed by atoms with Gasteiger partial charge < -0.3 is 5.32 Å². The molecule has 0 aromatic heterocycles. The lowest BCUT2D eigenvalue weighted by Gasteiger charge is -2.30. The third-order valence-electron chi connectivity index (χ3n) is 3.79. The van der Waals surface area contributed by atoms with E-state index in [2.05, 4.69) is 5.32 Å². The van der Waals surface area contributed by atoms with Gasteiger partial charge in [0.2, 0.25) is 0 Å². The van der Waals surface area contributed by atoms with Crippen molar-refractivity contribution in [3.63, 3.8) is 0 Å². The second-order valence-electron chi connectivity index (χ2n) is 5.78. The summed E-state index contributed by atoms with van der Waals surface area (Å²) >= 11 is 7.89. The van der Waals surface area contributed by atoms with Crippen molar-refractivity contribution < 1.29 is 8.42 Å². The molecule has 0 spiro atoms. The van der Waals surface area contributed by atoms with Crippen LogP contribution < -0.4 is 5.32 Å². The fraction of sp³-hybridized carbons (Fsp3) is 0.571. The molecule has 1 N–H and O–H groups in total. The largest absolute Gasteiger partial charge is 0.308 e. The highest BCUT2D eigenvalue weighted by Gasteiger charge is 2.31. The number of thioether (sulfide) groups is 1. The molecule has 0 saturated heterocycles. The van der Waals surface area contributed by atoms with Gasteiger partial charge in [-0.25, -0.2) is 8.42 Å². The molecule has 0 aliphatic carbocycles. The van der Waals surface area contributed by atoms with E-state index in [1.54, 1.807) is 13.8 Å². The Labute approximate surface area is 130 Å². The summed E-state index contributed by atoms with van der Waals surface area (Å²) in [4.78, 5) is 1.23. The number of hydrogen-bond donors (Lipinski definition) is 1. The van der Waals surface area contributed by atoms with Crippen molar-refractivity contribution in [3.05, 3.63) is 28.8 Å². The zero-order valence-corrected chi connectivity index (χ0v) is 14.3. The van der Waals surface area contributed by atoms with Gasteiger partial charge >= 0.3 is 0 Å². The van der Waals surface area contributed by atoms with Gasteiger partial charge in [-0.1, -0.05) is 11.6 Å². The number of hydrogen-bond acceptors (Lipinski definition) is 4. The molecular weight excluding hydrogens is 314 g/mol.